The van der Waals surface area contributed by atoms with Crippen molar-refractivity contribution in [1.82, 2.24) is 0 Å². The molecule has 0 saturated heterocycles. The van der Waals surface area contributed by atoms with Crippen molar-refractivity contribution >= 4 is 17.7 Å². The van der Waals surface area contributed by atoms with E-state index in [0.717, 1.165) is 0 Å². The van der Waals surface area contributed by atoms with E-state index in [1.54, 1.807) is 39.0 Å². The zero-order valence-electron chi connectivity index (χ0n) is 14.3. The number of hydrogen-bond acceptors (Lipinski definition) is 5. The van der Waals surface area contributed by atoms with Gasteiger partial charge in [0, 0.05) is 6.07 Å². The van der Waals surface area contributed by atoms with Crippen LogP contribution in [-0.4, -0.2) is 41.1 Å². The average molecular weight is 337 g/mol. The van der Waals surface area contributed by atoms with E-state index in [2.05, 4.69) is 5.32 Å². The predicted molar refractivity (Wildman–Crippen MR) is 87.4 cm³/mol. The topological polar surface area (TPSA) is 105 Å². The lowest BCUT2D eigenvalue weighted by Gasteiger charge is -2.43. The molecule has 0 bridgehead atoms. The van der Waals surface area contributed by atoms with Crippen LogP contribution in [0.25, 0.3) is 0 Å². The monoisotopic (exact) mass is 337 g/mol. The SMILES string of the molecule is COc1ccc(C2(C(=O)O)CC(O)C2)c(NC(=O)OC(C)(C)C)c1. The lowest BCUT2D eigenvalue weighted by atomic mass is 9.62. The molecule has 7 heteroatoms. The number of benzene rings is 1. The number of ether oxygens (including phenoxy) is 2. The van der Waals surface area contributed by atoms with Crippen molar-refractivity contribution < 1.29 is 29.3 Å². The molecule has 132 valence electrons. The van der Waals surface area contributed by atoms with Crippen molar-refractivity contribution in [2.45, 2.75) is 50.7 Å². The summed E-state index contributed by atoms with van der Waals surface area (Å²) in [6.07, 6.45) is -1.16. The van der Waals surface area contributed by atoms with E-state index >= 15 is 0 Å². The molecule has 24 heavy (non-hydrogen) atoms. The van der Waals surface area contributed by atoms with Crippen LogP contribution in [0.5, 0.6) is 5.75 Å². The lowest BCUT2D eigenvalue weighted by molar-refractivity contribution is -0.152. The second-order valence-corrected chi connectivity index (χ2v) is 6.99. The Bertz CT molecular complexity index is 643. The Morgan fingerprint density at radius 1 is 1.29 bits per heavy atom. The molecule has 0 aliphatic heterocycles. The van der Waals surface area contributed by atoms with E-state index in [1.165, 1.54) is 7.11 Å². The van der Waals surface area contributed by atoms with E-state index in [9.17, 15) is 19.8 Å². The number of anilines is 1. The van der Waals surface area contributed by atoms with Gasteiger partial charge in [0.1, 0.15) is 11.4 Å². The van der Waals surface area contributed by atoms with E-state index in [-0.39, 0.29) is 12.8 Å². The number of carboxylic acid groups (broad SMARTS) is 1. The molecular weight excluding hydrogens is 314 g/mol. The smallest absolute Gasteiger partial charge is 0.412 e. The molecule has 2 rings (SSSR count). The van der Waals surface area contributed by atoms with E-state index in [1.807, 2.05) is 0 Å². The van der Waals surface area contributed by atoms with Crippen LogP contribution < -0.4 is 10.1 Å². The maximum Gasteiger partial charge on any atom is 0.412 e. The standard InChI is InChI=1S/C17H23NO6/c1-16(2,3)24-15(22)18-13-7-11(23-4)5-6-12(13)17(14(20)21)8-10(19)9-17/h5-7,10,19H,8-9H2,1-4H3,(H,18,22)(H,20,21). The van der Waals surface area contributed by atoms with Gasteiger partial charge in [-0.1, -0.05) is 6.07 Å². The summed E-state index contributed by atoms with van der Waals surface area (Å²) in [5.74, 6) is -0.560. The molecule has 1 aromatic rings. The molecule has 0 spiro atoms. The van der Waals surface area contributed by atoms with Gasteiger partial charge in [0.25, 0.3) is 0 Å². The Labute approximate surface area is 140 Å². The van der Waals surface area contributed by atoms with Crippen LogP contribution in [0.15, 0.2) is 18.2 Å². The Kier molecular flexibility index (Phi) is 4.75. The van der Waals surface area contributed by atoms with Crippen molar-refractivity contribution in [2.75, 3.05) is 12.4 Å². The van der Waals surface area contributed by atoms with Gasteiger partial charge in [-0.15, -0.1) is 0 Å². The van der Waals surface area contributed by atoms with Crippen LogP contribution in [0.1, 0.15) is 39.2 Å². The minimum atomic E-state index is -1.23. The molecule has 3 N–H and O–H groups in total. The van der Waals surface area contributed by atoms with Gasteiger partial charge in [0.2, 0.25) is 0 Å². The number of carbonyl (C=O) groups excluding carboxylic acids is 1. The number of hydrogen-bond donors (Lipinski definition) is 3. The maximum atomic E-state index is 12.1. The number of aliphatic carboxylic acids is 1. The Morgan fingerprint density at radius 3 is 2.38 bits per heavy atom. The lowest BCUT2D eigenvalue weighted by Crippen LogP contribution is -2.51. The van der Waals surface area contributed by atoms with Crippen molar-refractivity contribution in [2.24, 2.45) is 0 Å². The number of aliphatic hydroxyl groups excluding tert-OH is 1. The van der Waals surface area contributed by atoms with Gasteiger partial charge in [-0.2, -0.15) is 0 Å². The zero-order valence-corrected chi connectivity index (χ0v) is 14.3. The Balaban J connectivity index is 2.38. The van der Waals surface area contributed by atoms with Gasteiger partial charge in [0.05, 0.1) is 24.3 Å². The summed E-state index contributed by atoms with van der Waals surface area (Å²) in [6, 6.07) is 4.78. The van der Waals surface area contributed by atoms with Crippen LogP contribution in [0.3, 0.4) is 0 Å². The van der Waals surface area contributed by atoms with Gasteiger partial charge in [-0.3, -0.25) is 10.1 Å². The Morgan fingerprint density at radius 2 is 1.92 bits per heavy atom. The number of carbonyl (C=O) groups is 2. The van der Waals surface area contributed by atoms with Gasteiger partial charge >= 0.3 is 12.1 Å². The van der Waals surface area contributed by atoms with Crippen LogP contribution in [0, 0.1) is 0 Å². The molecule has 0 heterocycles. The highest BCUT2D eigenvalue weighted by Crippen LogP contribution is 2.47. The Hall–Kier alpha value is -2.28. The van der Waals surface area contributed by atoms with Gasteiger partial charge in [0.15, 0.2) is 0 Å². The van der Waals surface area contributed by atoms with Crippen molar-refractivity contribution in [3.05, 3.63) is 23.8 Å². The molecule has 1 aliphatic carbocycles. The summed E-state index contributed by atoms with van der Waals surface area (Å²) < 4.78 is 10.4. The number of nitrogens with one attached hydrogen (secondary N) is 1. The molecule has 1 fully saturated rings. The summed E-state index contributed by atoms with van der Waals surface area (Å²) in [7, 11) is 1.48. The van der Waals surface area contributed by atoms with Crippen molar-refractivity contribution in [3.63, 3.8) is 0 Å². The highest BCUT2D eigenvalue weighted by atomic mass is 16.6. The van der Waals surface area contributed by atoms with Crippen LogP contribution in [0.2, 0.25) is 0 Å². The highest BCUT2D eigenvalue weighted by molar-refractivity contribution is 5.91. The second-order valence-electron chi connectivity index (χ2n) is 6.99. The van der Waals surface area contributed by atoms with Gasteiger partial charge < -0.3 is 19.7 Å². The molecule has 0 radical (unpaired) electrons. The first kappa shape index (κ1) is 18.1. The van der Waals surface area contributed by atoms with Crippen molar-refractivity contribution in [3.8, 4) is 5.75 Å². The van der Waals surface area contributed by atoms with E-state index in [0.29, 0.717) is 17.0 Å². The largest absolute Gasteiger partial charge is 0.497 e. The normalized spacial score (nSPS) is 23.1. The molecule has 7 nitrogen and oxygen atoms in total. The predicted octanol–water partition coefficient (Wildman–Crippen LogP) is 2.52. The molecule has 0 atom stereocenters. The fraction of sp³-hybridized carbons (Fsp3) is 0.529. The summed E-state index contributed by atoms with van der Waals surface area (Å²) >= 11 is 0. The van der Waals surface area contributed by atoms with E-state index in [4.69, 9.17) is 9.47 Å². The van der Waals surface area contributed by atoms with Crippen LogP contribution in [-0.2, 0) is 14.9 Å². The molecule has 1 saturated carbocycles. The summed E-state index contributed by atoms with van der Waals surface area (Å²) in [5, 5.41) is 21.9. The van der Waals surface area contributed by atoms with Crippen molar-refractivity contribution in [1.29, 1.82) is 0 Å². The van der Waals surface area contributed by atoms with Gasteiger partial charge in [-0.25, -0.2) is 4.79 Å². The van der Waals surface area contributed by atoms with Crippen LogP contribution >= 0.6 is 0 Å². The first-order chi connectivity index (χ1) is 11.1. The number of carboxylic acids is 1. The fourth-order valence-corrected chi connectivity index (χ4v) is 2.84. The third kappa shape index (κ3) is 3.62. The molecular formula is C17H23NO6. The highest BCUT2D eigenvalue weighted by Gasteiger charge is 2.52. The number of methoxy groups -OCH3 is 1. The minimum absolute atomic E-state index is 0.0949. The molecule has 1 aromatic carbocycles. The first-order valence-electron chi connectivity index (χ1n) is 7.67. The van der Waals surface area contributed by atoms with Gasteiger partial charge in [-0.05, 0) is 45.2 Å². The first-order valence-corrected chi connectivity index (χ1v) is 7.67. The summed E-state index contributed by atoms with van der Waals surface area (Å²) in [6.45, 7) is 5.21. The molecule has 0 unspecified atom stereocenters. The second kappa shape index (κ2) is 6.32. The van der Waals surface area contributed by atoms with Crippen LogP contribution in [0.4, 0.5) is 10.5 Å². The van der Waals surface area contributed by atoms with E-state index < -0.39 is 29.2 Å². The molecule has 0 aromatic heterocycles. The summed E-state index contributed by atoms with van der Waals surface area (Å²) in [4.78, 5) is 23.9. The quantitative estimate of drug-likeness (QED) is 0.780. The number of rotatable bonds is 4. The number of aliphatic hydroxyl groups is 1. The molecule has 1 aliphatic rings. The summed E-state index contributed by atoms with van der Waals surface area (Å²) in [5.41, 5.74) is -1.18. The molecule has 1 amide bonds. The minimum Gasteiger partial charge on any atom is -0.497 e. The fourth-order valence-electron chi connectivity index (χ4n) is 2.84. The zero-order chi connectivity index (χ0) is 18.1. The maximum absolute atomic E-state index is 12.1. The number of amides is 1. The third-order valence-corrected chi connectivity index (χ3v) is 3.96. The third-order valence-electron chi connectivity index (χ3n) is 3.96. The average Bonchev–Trinajstić information content (AvgIpc) is 2.41.